The summed E-state index contributed by atoms with van der Waals surface area (Å²) in [7, 11) is -3.44. The quantitative estimate of drug-likeness (QED) is 0.871. The Kier molecular flexibility index (Phi) is 3.69. The van der Waals surface area contributed by atoms with E-state index in [9.17, 15) is 8.42 Å². The summed E-state index contributed by atoms with van der Waals surface area (Å²) in [5, 5.41) is 3.05. The molecule has 5 nitrogen and oxygen atoms in total. The molecule has 1 heterocycles. The van der Waals surface area contributed by atoms with Crippen molar-refractivity contribution in [3.63, 3.8) is 0 Å². The second kappa shape index (κ2) is 5.33. The minimum absolute atomic E-state index is 0.118. The van der Waals surface area contributed by atoms with Crippen LogP contribution in [0.15, 0.2) is 23.2 Å². The second-order valence-corrected chi connectivity index (χ2v) is 7.53. The number of hydrogen-bond donors (Lipinski definition) is 2. The average molecular weight is 295 g/mol. The molecule has 2 aliphatic carbocycles. The van der Waals surface area contributed by atoms with E-state index in [1.165, 1.54) is 19.0 Å². The van der Waals surface area contributed by atoms with E-state index in [-0.39, 0.29) is 10.9 Å². The molecule has 0 spiro atoms. The first kappa shape index (κ1) is 13.8. The first-order valence-corrected chi connectivity index (χ1v) is 8.79. The van der Waals surface area contributed by atoms with Crippen LogP contribution in [0.25, 0.3) is 0 Å². The predicted molar refractivity (Wildman–Crippen MR) is 78.0 cm³/mol. The van der Waals surface area contributed by atoms with E-state index in [1.54, 1.807) is 12.1 Å². The second-order valence-electron chi connectivity index (χ2n) is 5.81. The Labute approximate surface area is 120 Å². The summed E-state index contributed by atoms with van der Waals surface area (Å²) in [4.78, 5) is 4.38. The van der Waals surface area contributed by atoms with Gasteiger partial charge in [0.25, 0.3) is 0 Å². The number of sulfonamides is 1. The summed E-state index contributed by atoms with van der Waals surface area (Å²) in [6.45, 7) is 2.74. The number of fused-ring (bicyclic) bond motifs is 2. The summed E-state index contributed by atoms with van der Waals surface area (Å²) in [6, 6.07) is 3.44. The maximum Gasteiger partial charge on any atom is 0.242 e. The molecular formula is C14H21N3O2S. The van der Waals surface area contributed by atoms with Crippen molar-refractivity contribution in [1.29, 1.82) is 0 Å². The molecule has 2 N–H and O–H groups in total. The lowest BCUT2D eigenvalue weighted by Crippen LogP contribution is -2.38. The smallest absolute Gasteiger partial charge is 0.242 e. The van der Waals surface area contributed by atoms with Gasteiger partial charge in [-0.15, -0.1) is 0 Å². The van der Waals surface area contributed by atoms with Crippen molar-refractivity contribution in [3.8, 4) is 0 Å². The van der Waals surface area contributed by atoms with Crippen molar-refractivity contribution < 1.29 is 8.42 Å². The van der Waals surface area contributed by atoms with Gasteiger partial charge in [-0.2, -0.15) is 0 Å². The van der Waals surface area contributed by atoms with Gasteiger partial charge in [-0.3, -0.25) is 0 Å². The Morgan fingerprint density at radius 3 is 2.70 bits per heavy atom. The van der Waals surface area contributed by atoms with E-state index >= 15 is 0 Å². The van der Waals surface area contributed by atoms with Gasteiger partial charge in [-0.25, -0.2) is 18.1 Å². The number of nitrogens with one attached hydrogen (secondary N) is 2. The summed E-state index contributed by atoms with van der Waals surface area (Å²) in [5.74, 6) is 1.96. The summed E-state index contributed by atoms with van der Waals surface area (Å²) < 4.78 is 27.6. The fourth-order valence-corrected chi connectivity index (χ4v) is 4.74. The molecule has 3 atom stereocenters. The molecule has 6 heteroatoms. The van der Waals surface area contributed by atoms with Crippen LogP contribution in [0.1, 0.15) is 32.6 Å². The Balaban J connectivity index is 1.71. The third-order valence-corrected chi connectivity index (χ3v) is 5.92. The lowest BCUT2D eigenvalue weighted by Gasteiger charge is -2.22. The van der Waals surface area contributed by atoms with Gasteiger partial charge in [0, 0.05) is 18.8 Å². The first-order valence-electron chi connectivity index (χ1n) is 7.30. The zero-order valence-electron chi connectivity index (χ0n) is 11.7. The van der Waals surface area contributed by atoms with E-state index in [1.807, 2.05) is 6.92 Å². The van der Waals surface area contributed by atoms with Crippen LogP contribution in [0.3, 0.4) is 0 Å². The first-order chi connectivity index (χ1) is 9.58. The zero-order valence-corrected chi connectivity index (χ0v) is 12.5. The van der Waals surface area contributed by atoms with Crippen LogP contribution in [0, 0.1) is 11.8 Å². The highest BCUT2D eigenvalue weighted by molar-refractivity contribution is 7.89. The van der Waals surface area contributed by atoms with Crippen molar-refractivity contribution in [3.05, 3.63) is 18.3 Å². The molecule has 0 aliphatic heterocycles. The fourth-order valence-electron chi connectivity index (χ4n) is 3.48. The summed E-state index contributed by atoms with van der Waals surface area (Å²) >= 11 is 0. The molecule has 0 saturated heterocycles. The van der Waals surface area contributed by atoms with Crippen molar-refractivity contribution in [2.75, 3.05) is 11.9 Å². The topological polar surface area (TPSA) is 71.1 Å². The van der Waals surface area contributed by atoms with Crippen LogP contribution >= 0.6 is 0 Å². The highest BCUT2D eigenvalue weighted by Gasteiger charge is 2.41. The predicted octanol–water partition coefficient (Wildman–Crippen LogP) is 1.98. The summed E-state index contributed by atoms with van der Waals surface area (Å²) in [6.07, 6.45) is 6.03. The molecule has 3 unspecified atom stereocenters. The number of rotatable bonds is 5. The molecule has 2 bridgehead atoms. The van der Waals surface area contributed by atoms with Crippen LogP contribution in [0.4, 0.5) is 5.82 Å². The lowest BCUT2D eigenvalue weighted by molar-refractivity contribution is 0.390. The molecule has 110 valence electrons. The highest BCUT2D eigenvalue weighted by atomic mass is 32.2. The molecule has 2 saturated carbocycles. The number of anilines is 1. The SMILES string of the molecule is CCNc1ccc(S(=O)(=O)NC2CC3CCC2C3)cn1. The van der Waals surface area contributed by atoms with Crippen LogP contribution in [0.5, 0.6) is 0 Å². The maximum atomic E-state index is 12.4. The average Bonchev–Trinajstić information content (AvgIpc) is 3.01. The van der Waals surface area contributed by atoms with E-state index in [4.69, 9.17) is 0 Å². The lowest BCUT2D eigenvalue weighted by atomic mass is 9.96. The molecule has 2 fully saturated rings. The summed E-state index contributed by atoms with van der Waals surface area (Å²) in [5.41, 5.74) is 0. The van der Waals surface area contributed by atoms with Crippen LogP contribution in [0.2, 0.25) is 0 Å². The number of pyridine rings is 1. The molecule has 3 rings (SSSR count). The van der Waals surface area contributed by atoms with E-state index in [2.05, 4.69) is 15.0 Å². The molecule has 1 aromatic heterocycles. The van der Waals surface area contributed by atoms with Gasteiger partial charge in [0.05, 0.1) is 0 Å². The third kappa shape index (κ3) is 2.67. The maximum absolute atomic E-state index is 12.4. The van der Waals surface area contributed by atoms with Crippen molar-refractivity contribution in [1.82, 2.24) is 9.71 Å². The Morgan fingerprint density at radius 2 is 2.15 bits per heavy atom. The van der Waals surface area contributed by atoms with Crippen LogP contribution < -0.4 is 10.0 Å². The molecule has 0 aromatic carbocycles. The van der Waals surface area contributed by atoms with Gasteiger partial charge in [0.15, 0.2) is 0 Å². The fraction of sp³-hybridized carbons (Fsp3) is 0.643. The molecular weight excluding hydrogens is 274 g/mol. The highest BCUT2D eigenvalue weighted by Crippen LogP contribution is 2.44. The Hall–Kier alpha value is -1.14. The van der Waals surface area contributed by atoms with Gasteiger partial charge < -0.3 is 5.32 Å². The largest absolute Gasteiger partial charge is 0.370 e. The molecule has 2 aliphatic rings. The molecule has 0 amide bonds. The normalized spacial score (nSPS) is 28.8. The van der Waals surface area contributed by atoms with Crippen molar-refractivity contribution in [2.45, 2.75) is 43.5 Å². The Morgan fingerprint density at radius 1 is 1.30 bits per heavy atom. The van der Waals surface area contributed by atoms with E-state index in [0.717, 1.165) is 25.3 Å². The van der Waals surface area contributed by atoms with Crippen molar-refractivity contribution in [2.24, 2.45) is 11.8 Å². The van der Waals surface area contributed by atoms with Gasteiger partial charge in [-0.05, 0) is 50.2 Å². The standard InChI is InChI=1S/C14H21N3O2S/c1-2-15-14-6-5-12(9-16-14)20(18,19)17-13-8-10-3-4-11(13)7-10/h5-6,9-11,13,17H,2-4,7-8H2,1H3,(H,15,16). The minimum Gasteiger partial charge on any atom is -0.370 e. The third-order valence-electron chi connectivity index (χ3n) is 4.45. The monoisotopic (exact) mass is 295 g/mol. The van der Waals surface area contributed by atoms with Crippen LogP contribution in [-0.4, -0.2) is 26.0 Å². The Bertz CT molecular complexity index is 571. The number of hydrogen-bond acceptors (Lipinski definition) is 4. The van der Waals surface area contributed by atoms with E-state index in [0.29, 0.717) is 11.7 Å². The number of aromatic nitrogens is 1. The van der Waals surface area contributed by atoms with E-state index < -0.39 is 10.0 Å². The van der Waals surface area contributed by atoms with Gasteiger partial charge in [0.1, 0.15) is 10.7 Å². The van der Waals surface area contributed by atoms with Gasteiger partial charge in [0.2, 0.25) is 10.0 Å². The van der Waals surface area contributed by atoms with Gasteiger partial charge >= 0.3 is 0 Å². The molecule has 20 heavy (non-hydrogen) atoms. The molecule has 0 radical (unpaired) electrons. The van der Waals surface area contributed by atoms with Gasteiger partial charge in [-0.1, -0.05) is 6.42 Å². The molecule has 1 aromatic rings. The minimum atomic E-state index is -3.44. The number of nitrogens with zero attached hydrogens (tertiary/aromatic N) is 1. The zero-order chi connectivity index (χ0) is 14.2. The van der Waals surface area contributed by atoms with Crippen molar-refractivity contribution >= 4 is 15.8 Å². The van der Waals surface area contributed by atoms with Crippen LogP contribution in [-0.2, 0) is 10.0 Å².